The summed E-state index contributed by atoms with van der Waals surface area (Å²) in [5.74, 6) is 0.331. The largest absolute Gasteiger partial charge is 0.497 e. The molecule has 2 aromatic carbocycles. The Morgan fingerprint density at radius 1 is 1.06 bits per heavy atom. The van der Waals surface area contributed by atoms with Gasteiger partial charge in [0.05, 0.1) is 13.4 Å². The molecule has 1 fully saturated rings. The Balaban J connectivity index is 1.71. The van der Waals surface area contributed by atoms with Gasteiger partial charge in [0, 0.05) is 17.6 Å². The third-order valence-corrected chi connectivity index (χ3v) is 6.45. The van der Waals surface area contributed by atoms with E-state index in [2.05, 4.69) is 5.32 Å². The van der Waals surface area contributed by atoms with Crippen molar-refractivity contribution in [1.82, 2.24) is 10.2 Å². The fourth-order valence-electron chi connectivity index (χ4n) is 4.39. The zero-order valence-corrected chi connectivity index (χ0v) is 20.0. The van der Waals surface area contributed by atoms with Gasteiger partial charge in [-0.05, 0) is 60.4 Å². The van der Waals surface area contributed by atoms with Gasteiger partial charge in [-0.2, -0.15) is 0 Å². The van der Waals surface area contributed by atoms with Crippen LogP contribution >= 0.6 is 11.6 Å². The van der Waals surface area contributed by atoms with Crippen LogP contribution < -0.4 is 10.1 Å². The van der Waals surface area contributed by atoms with Crippen molar-refractivity contribution in [2.45, 2.75) is 50.7 Å². The predicted molar refractivity (Wildman–Crippen MR) is 131 cm³/mol. The summed E-state index contributed by atoms with van der Waals surface area (Å²) in [6, 6.07) is 17.1. The van der Waals surface area contributed by atoms with Gasteiger partial charge in [-0.15, -0.1) is 0 Å². The first kappa shape index (κ1) is 23.9. The number of furan rings is 1. The van der Waals surface area contributed by atoms with E-state index in [0.717, 1.165) is 37.0 Å². The summed E-state index contributed by atoms with van der Waals surface area (Å²) in [5.41, 5.74) is 1.55. The topological polar surface area (TPSA) is 71.8 Å². The molecule has 1 aliphatic carbocycles. The minimum Gasteiger partial charge on any atom is -0.497 e. The summed E-state index contributed by atoms with van der Waals surface area (Å²) < 4.78 is 10.7. The number of ether oxygens (including phenoxy) is 1. The number of methoxy groups -OCH3 is 1. The third-order valence-electron chi connectivity index (χ3n) is 6.20. The monoisotopic (exact) mass is 480 g/mol. The first-order valence-corrected chi connectivity index (χ1v) is 12.0. The van der Waals surface area contributed by atoms with Crippen LogP contribution in [0, 0.1) is 0 Å². The lowest BCUT2D eigenvalue weighted by atomic mass is 9.94. The first-order chi connectivity index (χ1) is 16.5. The molecule has 1 aliphatic rings. The van der Waals surface area contributed by atoms with Crippen molar-refractivity contribution in [3.63, 3.8) is 0 Å². The van der Waals surface area contributed by atoms with Crippen LogP contribution in [0.5, 0.6) is 5.75 Å². The Bertz CT molecular complexity index is 1070. The summed E-state index contributed by atoms with van der Waals surface area (Å²) in [6.07, 6.45) is 6.73. The van der Waals surface area contributed by atoms with E-state index in [1.807, 2.05) is 24.3 Å². The number of halogens is 1. The van der Waals surface area contributed by atoms with E-state index >= 15 is 0 Å². The molecule has 0 bridgehead atoms. The molecule has 1 N–H and O–H groups in total. The molecule has 0 saturated heterocycles. The Kier molecular flexibility index (Phi) is 7.91. The smallest absolute Gasteiger partial charge is 0.290 e. The Hall–Kier alpha value is -3.25. The highest BCUT2D eigenvalue weighted by Crippen LogP contribution is 2.29. The number of rotatable bonds is 8. The van der Waals surface area contributed by atoms with Gasteiger partial charge in [0.25, 0.3) is 5.91 Å². The molecule has 0 aliphatic heterocycles. The van der Waals surface area contributed by atoms with E-state index in [0.29, 0.717) is 10.6 Å². The lowest BCUT2D eigenvalue weighted by molar-refractivity contribution is -0.127. The van der Waals surface area contributed by atoms with Crippen molar-refractivity contribution in [2.24, 2.45) is 0 Å². The van der Waals surface area contributed by atoms with Gasteiger partial charge in [0.1, 0.15) is 11.8 Å². The van der Waals surface area contributed by atoms with E-state index in [4.69, 9.17) is 20.8 Å². The fraction of sp³-hybridized carbons (Fsp3) is 0.333. The molecule has 3 aromatic rings. The number of carbonyl (C=O) groups is 2. The summed E-state index contributed by atoms with van der Waals surface area (Å²) in [6.45, 7) is 0.217. The standard InChI is InChI=1S/C27H29ClN2O4/c1-33-23-15-9-19(10-16-23)18-30(27(32)24-8-5-17-34-24)25(20-11-13-21(28)14-12-20)26(31)29-22-6-3-2-4-7-22/h5,8-17,22,25H,2-4,6-7,18H2,1H3,(H,29,31)/t25-/m0/s1. The maximum absolute atomic E-state index is 13.7. The zero-order chi connectivity index (χ0) is 23.9. The van der Waals surface area contributed by atoms with Crippen LogP contribution in [0.1, 0.15) is 59.8 Å². The fourth-order valence-corrected chi connectivity index (χ4v) is 4.52. The summed E-state index contributed by atoms with van der Waals surface area (Å²) in [5, 5.41) is 3.76. The number of amides is 2. The molecule has 0 unspecified atom stereocenters. The number of hydrogen-bond donors (Lipinski definition) is 1. The molecule has 0 radical (unpaired) electrons. The summed E-state index contributed by atoms with van der Waals surface area (Å²) in [4.78, 5) is 28.9. The van der Waals surface area contributed by atoms with Crippen LogP contribution in [-0.2, 0) is 11.3 Å². The Morgan fingerprint density at radius 3 is 2.38 bits per heavy atom. The van der Waals surface area contributed by atoms with E-state index in [1.165, 1.54) is 12.7 Å². The molecule has 6 nitrogen and oxygen atoms in total. The highest BCUT2D eigenvalue weighted by atomic mass is 35.5. The van der Waals surface area contributed by atoms with Gasteiger partial charge in [0.2, 0.25) is 5.91 Å². The molecular weight excluding hydrogens is 452 g/mol. The quantitative estimate of drug-likeness (QED) is 0.444. The molecule has 7 heteroatoms. The number of nitrogens with zero attached hydrogens (tertiary/aromatic N) is 1. The second kappa shape index (κ2) is 11.3. The van der Waals surface area contributed by atoms with Gasteiger partial charge < -0.3 is 19.4 Å². The van der Waals surface area contributed by atoms with Gasteiger partial charge in [-0.3, -0.25) is 9.59 Å². The van der Waals surface area contributed by atoms with Crippen LogP contribution in [-0.4, -0.2) is 29.9 Å². The minimum atomic E-state index is -0.848. The van der Waals surface area contributed by atoms with E-state index in [-0.39, 0.29) is 30.2 Å². The van der Waals surface area contributed by atoms with E-state index < -0.39 is 6.04 Å². The van der Waals surface area contributed by atoms with Crippen molar-refractivity contribution >= 4 is 23.4 Å². The zero-order valence-electron chi connectivity index (χ0n) is 19.2. The van der Waals surface area contributed by atoms with Crippen molar-refractivity contribution in [3.05, 3.63) is 88.8 Å². The minimum absolute atomic E-state index is 0.109. The van der Waals surface area contributed by atoms with Crippen molar-refractivity contribution < 1.29 is 18.7 Å². The van der Waals surface area contributed by atoms with Crippen molar-refractivity contribution in [3.8, 4) is 5.75 Å². The first-order valence-electron chi connectivity index (χ1n) is 11.6. The van der Waals surface area contributed by atoms with Crippen LogP contribution in [0.2, 0.25) is 5.02 Å². The van der Waals surface area contributed by atoms with Crippen LogP contribution in [0.25, 0.3) is 0 Å². The molecule has 178 valence electrons. The maximum atomic E-state index is 13.7. The number of nitrogens with one attached hydrogen (secondary N) is 1. The number of benzene rings is 2. The molecule has 1 aromatic heterocycles. The van der Waals surface area contributed by atoms with Crippen molar-refractivity contribution in [1.29, 1.82) is 0 Å². The average Bonchev–Trinajstić information content (AvgIpc) is 3.40. The predicted octanol–water partition coefficient (Wildman–Crippen LogP) is 5.77. The lowest BCUT2D eigenvalue weighted by Crippen LogP contribution is -2.46. The number of carbonyl (C=O) groups excluding carboxylic acids is 2. The third kappa shape index (κ3) is 5.81. The Morgan fingerprint density at radius 2 is 1.76 bits per heavy atom. The van der Waals surface area contributed by atoms with Crippen LogP contribution in [0.4, 0.5) is 0 Å². The molecule has 1 saturated carbocycles. The molecule has 4 rings (SSSR count). The lowest BCUT2D eigenvalue weighted by Gasteiger charge is -2.33. The van der Waals surface area contributed by atoms with Crippen LogP contribution in [0.15, 0.2) is 71.3 Å². The van der Waals surface area contributed by atoms with Crippen LogP contribution in [0.3, 0.4) is 0 Å². The molecule has 0 spiro atoms. The molecule has 1 heterocycles. The summed E-state index contributed by atoms with van der Waals surface area (Å²) in [7, 11) is 1.61. The average molecular weight is 481 g/mol. The molecular formula is C27H29ClN2O4. The van der Waals surface area contributed by atoms with E-state index in [1.54, 1.807) is 48.4 Å². The Labute approximate surface area is 204 Å². The normalized spacial score (nSPS) is 14.9. The second-order valence-electron chi connectivity index (χ2n) is 8.56. The molecule has 1 atom stereocenters. The molecule has 2 amide bonds. The highest BCUT2D eigenvalue weighted by Gasteiger charge is 2.34. The molecule has 34 heavy (non-hydrogen) atoms. The second-order valence-corrected chi connectivity index (χ2v) is 8.99. The van der Waals surface area contributed by atoms with Gasteiger partial charge in [0.15, 0.2) is 5.76 Å². The SMILES string of the molecule is COc1ccc(CN(C(=O)c2ccco2)[C@H](C(=O)NC2CCCCC2)c2ccc(Cl)cc2)cc1. The highest BCUT2D eigenvalue weighted by molar-refractivity contribution is 6.30. The van der Waals surface area contributed by atoms with Gasteiger partial charge in [-0.1, -0.05) is 55.1 Å². The number of hydrogen-bond acceptors (Lipinski definition) is 4. The van der Waals surface area contributed by atoms with Gasteiger partial charge >= 0.3 is 0 Å². The van der Waals surface area contributed by atoms with E-state index in [9.17, 15) is 9.59 Å². The van der Waals surface area contributed by atoms with Gasteiger partial charge in [-0.25, -0.2) is 0 Å². The van der Waals surface area contributed by atoms with Crippen molar-refractivity contribution in [2.75, 3.05) is 7.11 Å². The maximum Gasteiger partial charge on any atom is 0.290 e. The summed E-state index contributed by atoms with van der Waals surface area (Å²) >= 11 is 6.13.